The van der Waals surface area contributed by atoms with Crippen LogP contribution in [0.2, 0.25) is 0 Å². The van der Waals surface area contributed by atoms with Crippen LogP contribution in [0, 0.1) is 11.6 Å². The number of aromatic amines is 1. The van der Waals surface area contributed by atoms with Crippen LogP contribution in [0.15, 0.2) is 67.5 Å². The van der Waals surface area contributed by atoms with Crippen molar-refractivity contribution in [2.45, 2.75) is 50.9 Å². The van der Waals surface area contributed by atoms with Crippen molar-refractivity contribution in [1.82, 2.24) is 40.5 Å². The Morgan fingerprint density at radius 2 is 1.89 bits per heavy atom. The summed E-state index contributed by atoms with van der Waals surface area (Å²) in [4.78, 5) is 48.8. The third kappa shape index (κ3) is 7.34. The van der Waals surface area contributed by atoms with E-state index in [0.29, 0.717) is 28.6 Å². The molecule has 4 N–H and O–H groups in total. The van der Waals surface area contributed by atoms with Gasteiger partial charge in [0.1, 0.15) is 23.8 Å². The summed E-state index contributed by atoms with van der Waals surface area (Å²) in [6, 6.07) is 7.83. The van der Waals surface area contributed by atoms with Crippen LogP contribution < -0.4 is 16.0 Å². The van der Waals surface area contributed by atoms with Crippen molar-refractivity contribution in [3.63, 3.8) is 0 Å². The van der Waals surface area contributed by atoms with E-state index in [0.717, 1.165) is 37.2 Å². The van der Waals surface area contributed by atoms with Gasteiger partial charge in [-0.05, 0) is 61.1 Å². The van der Waals surface area contributed by atoms with Crippen molar-refractivity contribution in [1.29, 1.82) is 0 Å². The second kappa shape index (κ2) is 13.4. The molecule has 5 aromatic heterocycles. The van der Waals surface area contributed by atoms with Crippen molar-refractivity contribution < 1.29 is 23.1 Å². The molecule has 0 aromatic carbocycles. The molecule has 6 rings (SSSR count). The third-order valence-corrected chi connectivity index (χ3v) is 7.42. The molecule has 1 saturated carbocycles. The van der Waals surface area contributed by atoms with Crippen molar-refractivity contribution in [3.8, 4) is 11.4 Å². The number of halogens is 2. The molecule has 0 aliphatic heterocycles. The van der Waals surface area contributed by atoms with Crippen LogP contribution in [0.4, 0.5) is 19.4 Å². The van der Waals surface area contributed by atoms with E-state index in [1.807, 2.05) is 6.07 Å². The number of H-pyrrole nitrogens is 1. The number of fused-ring (bicyclic) bond motifs is 1. The highest BCUT2D eigenvalue weighted by Crippen LogP contribution is 2.28. The molecule has 0 saturated heterocycles. The van der Waals surface area contributed by atoms with Gasteiger partial charge in [0.2, 0.25) is 0 Å². The number of carbonyl (C=O) groups is 2. The number of alkyl carbamates (subject to hydrolysis) is 1. The predicted molar refractivity (Wildman–Crippen MR) is 160 cm³/mol. The Morgan fingerprint density at radius 3 is 2.76 bits per heavy atom. The monoisotopic (exact) mass is 613 g/mol. The van der Waals surface area contributed by atoms with Gasteiger partial charge >= 0.3 is 6.09 Å². The van der Waals surface area contributed by atoms with Gasteiger partial charge in [-0.3, -0.25) is 14.8 Å². The Labute approximate surface area is 256 Å². The van der Waals surface area contributed by atoms with E-state index in [1.165, 1.54) is 12.3 Å². The van der Waals surface area contributed by atoms with E-state index < -0.39 is 17.7 Å². The zero-order valence-electron chi connectivity index (χ0n) is 24.0. The maximum absolute atomic E-state index is 14.8. The SMILES string of the molecule is O=C(NCc1cccnc1)OCc1ccnc(C(=O)N[C@@H]2CCC[C@H](Nc3nc(-c4c[nH]c5ncc(F)cc45)ncc3F)C2)c1. The van der Waals surface area contributed by atoms with Gasteiger partial charge in [0.05, 0.1) is 12.4 Å². The Morgan fingerprint density at radius 1 is 1.00 bits per heavy atom. The van der Waals surface area contributed by atoms with E-state index in [9.17, 15) is 18.4 Å². The lowest BCUT2D eigenvalue weighted by molar-refractivity contribution is 0.0921. The quantitative estimate of drug-likeness (QED) is 0.185. The average Bonchev–Trinajstić information content (AvgIpc) is 3.47. The first-order valence-electron chi connectivity index (χ1n) is 14.4. The largest absolute Gasteiger partial charge is 0.445 e. The molecule has 230 valence electrons. The van der Waals surface area contributed by atoms with Gasteiger partial charge in [0.15, 0.2) is 17.5 Å². The fourth-order valence-corrected chi connectivity index (χ4v) is 5.23. The Kier molecular flexibility index (Phi) is 8.80. The van der Waals surface area contributed by atoms with Crippen molar-refractivity contribution in [2.24, 2.45) is 0 Å². The molecular formula is C31H29F2N9O3. The molecule has 1 aliphatic carbocycles. The summed E-state index contributed by atoms with van der Waals surface area (Å²) in [5, 5.41) is 9.32. The molecule has 0 spiro atoms. The molecular weight excluding hydrogens is 584 g/mol. The molecule has 1 aliphatic rings. The number of ether oxygens (including phenoxy) is 1. The lowest BCUT2D eigenvalue weighted by Crippen LogP contribution is -2.42. The molecule has 45 heavy (non-hydrogen) atoms. The predicted octanol–water partition coefficient (Wildman–Crippen LogP) is 4.67. The summed E-state index contributed by atoms with van der Waals surface area (Å²) < 4.78 is 33.8. The molecule has 5 aromatic rings. The molecule has 0 radical (unpaired) electrons. The van der Waals surface area contributed by atoms with Gasteiger partial charge in [0.25, 0.3) is 5.91 Å². The smallest absolute Gasteiger partial charge is 0.407 e. The fraction of sp³-hybridized carbons (Fsp3) is 0.258. The molecule has 14 heteroatoms. The van der Waals surface area contributed by atoms with Crippen LogP contribution in [0.3, 0.4) is 0 Å². The van der Waals surface area contributed by atoms with E-state index in [2.05, 4.69) is 45.9 Å². The van der Waals surface area contributed by atoms with E-state index in [4.69, 9.17) is 4.74 Å². The van der Waals surface area contributed by atoms with Crippen molar-refractivity contribution in [2.75, 3.05) is 5.32 Å². The number of nitrogens with one attached hydrogen (secondary N) is 4. The summed E-state index contributed by atoms with van der Waals surface area (Å²) in [6.07, 6.45) is 10.8. The standard InChI is InChI=1S/C31H29F2N9O3/c32-20-10-23-24(15-37-27(23)36-14-20)28-38-16-25(33)29(42-28)40-21-4-1-5-22(11-21)41-30(43)26-9-18(6-8-35-26)17-45-31(44)39-13-19-3-2-7-34-12-19/h2-3,6-10,12,14-16,21-22H,1,4-5,11,13,17H2,(H,36,37)(H,39,44)(H,41,43)(H,38,40,42)/t21-,22+/m0/s1. The number of pyridine rings is 3. The number of hydrogen-bond donors (Lipinski definition) is 4. The van der Waals surface area contributed by atoms with Crippen LogP contribution in [0.1, 0.15) is 47.3 Å². The zero-order chi connectivity index (χ0) is 31.2. The van der Waals surface area contributed by atoms with Crippen molar-refractivity contribution in [3.05, 3.63) is 96.0 Å². The van der Waals surface area contributed by atoms with Gasteiger partial charge in [-0.2, -0.15) is 0 Å². The average molecular weight is 614 g/mol. The van der Waals surface area contributed by atoms with E-state index in [-0.39, 0.29) is 48.5 Å². The maximum atomic E-state index is 14.8. The number of amides is 2. The van der Waals surface area contributed by atoms with Crippen LogP contribution in [0.5, 0.6) is 0 Å². The number of nitrogens with zero attached hydrogens (tertiary/aromatic N) is 5. The molecule has 5 heterocycles. The van der Waals surface area contributed by atoms with Crippen LogP contribution in [0.25, 0.3) is 22.4 Å². The second-order valence-electron chi connectivity index (χ2n) is 10.7. The Bertz CT molecular complexity index is 1820. The summed E-state index contributed by atoms with van der Waals surface area (Å²) in [6.45, 7) is 0.246. The third-order valence-electron chi connectivity index (χ3n) is 7.42. The number of rotatable bonds is 9. The first-order chi connectivity index (χ1) is 21.9. The minimum Gasteiger partial charge on any atom is -0.445 e. The number of aromatic nitrogens is 6. The summed E-state index contributed by atoms with van der Waals surface area (Å²) in [5.41, 5.74) is 2.61. The summed E-state index contributed by atoms with van der Waals surface area (Å²) in [7, 11) is 0. The van der Waals surface area contributed by atoms with E-state index >= 15 is 0 Å². The van der Waals surface area contributed by atoms with Gasteiger partial charge in [-0.15, -0.1) is 0 Å². The van der Waals surface area contributed by atoms with Gasteiger partial charge < -0.3 is 25.7 Å². The molecule has 0 unspecified atom stereocenters. The van der Waals surface area contributed by atoms with Gasteiger partial charge in [-0.1, -0.05) is 6.07 Å². The van der Waals surface area contributed by atoms with Crippen molar-refractivity contribution >= 4 is 28.9 Å². The van der Waals surface area contributed by atoms with E-state index in [1.54, 1.807) is 36.8 Å². The fourth-order valence-electron chi connectivity index (χ4n) is 5.23. The highest BCUT2D eigenvalue weighted by Gasteiger charge is 2.26. The Hall–Kier alpha value is -5.53. The lowest BCUT2D eigenvalue weighted by Gasteiger charge is -2.30. The molecule has 12 nitrogen and oxygen atoms in total. The van der Waals surface area contributed by atoms with Crippen LogP contribution >= 0.6 is 0 Å². The lowest BCUT2D eigenvalue weighted by atomic mass is 9.91. The second-order valence-corrected chi connectivity index (χ2v) is 10.7. The van der Waals surface area contributed by atoms with Gasteiger partial charge in [-0.25, -0.2) is 28.5 Å². The zero-order valence-corrected chi connectivity index (χ0v) is 24.0. The first kappa shape index (κ1) is 29.5. The number of hydrogen-bond acceptors (Lipinski definition) is 9. The van der Waals surface area contributed by atoms with Crippen LogP contribution in [-0.2, 0) is 17.9 Å². The molecule has 2 atom stereocenters. The molecule has 2 amide bonds. The minimum atomic E-state index is -0.622. The summed E-state index contributed by atoms with van der Waals surface area (Å²) in [5.74, 6) is -1.25. The number of carbonyl (C=O) groups excluding carboxylic acids is 2. The minimum absolute atomic E-state index is 0.0227. The van der Waals surface area contributed by atoms with Gasteiger partial charge in [0, 0.05) is 54.4 Å². The molecule has 0 bridgehead atoms. The molecule has 1 fully saturated rings. The first-order valence-corrected chi connectivity index (χ1v) is 14.4. The summed E-state index contributed by atoms with van der Waals surface area (Å²) >= 11 is 0. The normalized spacial score (nSPS) is 16.2. The maximum Gasteiger partial charge on any atom is 0.407 e. The Balaban J connectivity index is 1.04. The topological polar surface area (TPSA) is 160 Å². The van der Waals surface area contributed by atoms with Crippen LogP contribution in [-0.4, -0.2) is 54.0 Å². The highest BCUT2D eigenvalue weighted by atomic mass is 19.1. The highest BCUT2D eigenvalue weighted by molar-refractivity contribution is 5.93. The number of anilines is 1.